The molecule has 0 aliphatic heterocycles. The summed E-state index contributed by atoms with van der Waals surface area (Å²) in [7, 11) is 0. The first-order valence-electron chi connectivity index (χ1n) is 16.0. The highest BCUT2D eigenvalue weighted by Gasteiger charge is 2.21. The maximum atomic E-state index is 9.59. The van der Waals surface area contributed by atoms with Crippen molar-refractivity contribution in [2.45, 2.75) is 20.8 Å². The van der Waals surface area contributed by atoms with Crippen LogP contribution in [-0.4, -0.2) is 14.5 Å². The van der Waals surface area contributed by atoms with Gasteiger partial charge in [-0.25, -0.2) is 9.97 Å². The van der Waals surface area contributed by atoms with Crippen molar-refractivity contribution < 1.29 is 0 Å². The number of hydrogen-bond acceptors (Lipinski definition) is 3. The zero-order valence-electron chi connectivity index (χ0n) is 27.3. The van der Waals surface area contributed by atoms with Crippen LogP contribution in [0, 0.1) is 25.2 Å². The molecule has 0 unspecified atom stereocenters. The van der Waals surface area contributed by atoms with Gasteiger partial charge in [0, 0.05) is 44.3 Å². The van der Waals surface area contributed by atoms with Gasteiger partial charge in [-0.3, -0.25) is 0 Å². The van der Waals surface area contributed by atoms with Crippen molar-refractivity contribution in [1.29, 1.82) is 5.26 Å². The molecular weight excluding hydrogens is 585 g/mol. The molecule has 0 saturated carbocycles. The van der Waals surface area contributed by atoms with E-state index in [0.717, 1.165) is 56.0 Å². The molecule has 2 heterocycles. The van der Waals surface area contributed by atoms with E-state index in [2.05, 4.69) is 122 Å². The molecule has 4 nitrogen and oxygen atoms in total. The highest BCUT2D eigenvalue weighted by atomic mass is 15.0. The Hall–Kier alpha value is -6.31. The molecule has 0 saturated heterocycles. The summed E-state index contributed by atoms with van der Waals surface area (Å²) in [5.74, 6) is 0.623. The number of aromatic nitrogens is 3. The van der Waals surface area contributed by atoms with E-state index in [1.165, 1.54) is 21.8 Å². The van der Waals surface area contributed by atoms with E-state index >= 15 is 0 Å². The van der Waals surface area contributed by atoms with E-state index in [-0.39, 0.29) is 0 Å². The van der Waals surface area contributed by atoms with Gasteiger partial charge in [0.1, 0.15) is 0 Å². The molecule has 0 amide bonds. The van der Waals surface area contributed by atoms with Crippen LogP contribution in [0.1, 0.15) is 23.7 Å². The summed E-state index contributed by atoms with van der Waals surface area (Å²) in [6.07, 6.45) is 5.73. The van der Waals surface area contributed by atoms with Gasteiger partial charge in [0.2, 0.25) is 0 Å². The van der Waals surface area contributed by atoms with Crippen molar-refractivity contribution in [3.05, 3.63) is 169 Å². The summed E-state index contributed by atoms with van der Waals surface area (Å²) >= 11 is 0. The quantitative estimate of drug-likeness (QED) is 0.132. The van der Waals surface area contributed by atoms with Gasteiger partial charge in [0.25, 0.3) is 0 Å². The lowest BCUT2D eigenvalue weighted by atomic mass is 9.90. The molecule has 0 bridgehead atoms. The molecule has 4 heteroatoms. The third-order valence-electron chi connectivity index (χ3n) is 8.78. The molecule has 7 rings (SSSR count). The Morgan fingerprint density at radius 3 is 2.08 bits per heavy atom. The maximum absolute atomic E-state index is 9.59. The van der Waals surface area contributed by atoms with Crippen LogP contribution in [0.25, 0.3) is 66.8 Å². The monoisotopic (exact) mass is 618 g/mol. The number of para-hydroxylation sites is 2. The highest BCUT2D eigenvalue weighted by Crippen LogP contribution is 2.40. The first-order chi connectivity index (χ1) is 23.5. The Morgan fingerprint density at radius 2 is 1.40 bits per heavy atom. The maximum Gasteiger partial charge on any atom is 0.160 e. The first kappa shape index (κ1) is 30.3. The average molecular weight is 619 g/mol. The van der Waals surface area contributed by atoms with Gasteiger partial charge in [-0.15, -0.1) is 0 Å². The van der Waals surface area contributed by atoms with Gasteiger partial charge >= 0.3 is 0 Å². The van der Waals surface area contributed by atoms with Crippen molar-refractivity contribution in [2.75, 3.05) is 0 Å². The largest absolute Gasteiger partial charge is 0.309 e. The minimum Gasteiger partial charge on any atom is -0.309 e. The van der Waals surface area contributed by atoms with Crippen LogP contribution < -0.4 is 0 Å². The number of fused-ring (bicyclic) bond motifs is 3. The lowest BCUT2D eigenvalue weighted by Gasteiger charge is -2.19. The van der Waals surface area contributed by atoms with Crippen molar-refractivity contribution in [1.82, 2.24) is 14.5 Å². The third-order valence-corrected chi connectivity index (χ3v) is 8.78. The van der Waals surface area contributed by atoms with Crippen LogP contribution in [0.15, 0.2) is 152 Å². The van der Waals surface area contributed by atoms with Crippen LogP contribution in [-0.2, 0) is 0 Å². The van der Waals surface area contributed by atoms with Crippen molar-refractivity contribution >= 4 is 27.4 Å². The summed E-state index contributed by atoms with van der Waals surface area (Å²) in [5.41, 5.74) is 12.4. The summed E-state index contributed by atoms with van der Waals surface area (Å²) < 4.78 is 2.35. The molecule has 230 valence electrons. The second-order valence-corrected chi connectivity index (χ2v) is 11.9. The summed E-state index contributed by atoms with van der Waals surface area (Å²) in [6, 6.07) is 44.6. The van der Waals surface area contributed by atoms with E-state index in [0.29, 0.717) is 11.4 Å². The van der Waals surface area contributed by atoms with Gasteiger partial charge in [-0.05, 0) is 67.8 Å². The lowest BCUT2D eigenvalue weighted by molar-refractivity contribution is 1.11. The van der Waals surface area contributed by atoms with Gasteiger partial charge in [-0.1, -0.05) is 116 Å². The number of rotatable bonds is 7. The number of aryl methyl sites for hydroxylation is 1. The fourth-order valence-electron chi connectivity index (χ4n) is 6.59. The van der Waals surface area contributed by atoms with E-state index in [1.807, 2.05) is 49.4 Å². The summed E-state index contributed by atoms with van der Waals surface area (Å²) in [6.45, 7) is 10.1. The number of hydrogen-bond donors (Lipinski definition) is 0. The molecule has 0 N–H and O–H groups in total. The van der Waals surface area contributed by atoms with Crippen molar-refractivity contribution in [3.8, 4) is 45.5 Å². The average Bonchev–Trinajstić information content (AvgIpc) is 3.46. The van der Waals surface area contributed by atoms with Gasteiger partial charge in [0.05, 0.1) is 28.5 Å². The number of allylic oxidation sites excluding steroid dienone is 5. The van der Waals surface area contributed by atoms with Crippen LogP contribution in [0.4, 0.5) is 0 Å². The van der Waals surface area contributed by atoms with Crippen molar-refractivity contribution in [3.63, 3.8) is 0 Å². The van der Waals surface area contributed by atoms with E-state index in [9.17, 15) is 5.26 Å². The fourth-order valence-corrected chi connectivity index (χ4v) is 6.59. The normalized spacial score (nSPS) is 11.8. The number of nitrogens with zero attached hydrogens (tertiary/aromatic N) is 4. The topological polar surface area (TPSA) is 54.5 Å². The fraction of sp³-hybridized carbons (Fsp3) is 0.0682. The second-order valence-electron chi connectivity index (χ2n) is 11.9. The second kappa shape index (κ2) is 12.8. The Bertz CT molecular complexity index is 2400. The van der Waals surface area contributed by atoms with E-state index in [1.54, 1.807) is 6.08 Å². The predicted molar refractivity (Wildman–Crippen MR) is 200 cm³/mol. The smallest absolute Gasteiger partial charge is 0.160 e. The van der Waals surface area contributed by atoms with Crippen LogP contribution in [0.2, 0.25) is 0 Å². The highest BCUT2D eigenvalue weighted by molar-refractivity contribution is 6.09. The lowest BCUT2D eigenvalue weighted by Crippen LogP contribution is -2.04. The van der Waals surface area contributed by atoms with Gasteiger partial charge < -0.3 is 4.57 Å². The van der Waals surface area contributed by atoms with Crippen LogP contribution >= 0.6 is 0 Å². The summed E-state index contributed by atoms with van der Waals surface area (Å²) in [5, 5.41) is 12.1. The van der Waals surface area contributed by atoms with Crippen molar-refractivity contribution in [2.24, 2.45) is 0 Å². The molecule has 2 aromatic heterocycles. The molecule has 48 heavy (non-hydrogen) atoms. The predicted octanol–water partition coefficient (Wildman–Crippen LogP) is 11.2. The minimum absolute atomic E-state index is 0.363. The van der Waals surface area contributed by atoms with Crippen LogP contribution in [0.5, 0.6) is 0 Å². The van der Waals surface area contributed by atoms with E-state index in [4.69, 9.17) is 9.97 Å². The zero-order chi connectivity index (χ0) is 33.2. The molecule has 0 fully saturated rings. The minimum atomic E-state index is 0.363. The zero-order valence-corrected chi connectivity index (χ0v) is 27.3. The Balaban J connectivity index is 1.48. The number of benzene rings is 5. The molecule has 0 aliphatic rings. The summed E-state index contributed by atoms with van der Waals surface area (Å²) in [4.78, 5) is 10.3. The Kier molecular flexibility index (Phi) is 8.11. The third kappa shape index (κ3) is 5.42. The molecule has 0 atom stereocenters. The molecular formula is C44H34N4. The molecule has 5 aromatic carbocycles. The van der Waals surface area contributed by atoms with E-state index < -0.39 is 0 Å². The first-order valence-corrected chi connectivity index (χ1v) is 16.0. The molecule has 0 aliphatic carbocycles. The molecule has 0 radical (unpaired) electrons. The SMILES string of the molecule is C=C(C#N)/C=C(\C=C/C)c1nc(-c2ccccc2)nc(-c2c(C)cccc2-c2cccc(-n3c4ccccc4c4ccccc43)c2)c1C. The Labute approximate surface area is 281 Å². The molecule has 0 spiro atoms. The molecule has 7 aromatic rings. The standard InChI is InChI=1S/C44H34N4/c1-5-15-34(26-29(2)28-45)42-31(4)43(47-44(46-42)32-17-7-6-8-18-32)41-30(3)16-13-23-36(41)33-19-14-20-35(27-33)48-39-24-11-9-21-37(39)38-22-10-12-25-40(38)48/h5-27H,2H2,1,3-4H3/b15-5-,34-26+. The number of nitriles is 1. The van der Waals surface area contributed by atoms with Gasteiger partial charge in [-0.2, -0.15) is 5.26 Å². The van der Waals surface area contributed by atoms with Gasteiger partial charge in [0.15, 0.2) is 5.82 Å². The Morgan fingerprint density at radius 1 is 0.750 bits per heavy atom. The van der Waals surface area contributed by atoms with Crippen LogP contribution in [0.3, 0.4) is 0 Å².